The second kappa shape index (κ2) is 6.25. The molecule has 2 nitrogen and oxygen atoms in total. The third-order valence-corrected chi connectivity index (χ3v) is 2.10. The van der Waals surface area contributed by atoms with E-state index in [1.807, 2.05) is 37.3 Å². The third kappa shape index (κ3) is 5.23. The van der Waals surface area contributed by atoms with Gasteiger partial charge in [-0.1, -0.05) is 24.3 Å². The van der Waals surface area contributed by atoms with Crippen molar-refractivity contribution in [3.05, 3.63) is 35.9 Å². The summed E-state index contributed by atoms with van der Waals surface area (Å²) in [5, 5.41) is 0. The predicted octanol–water partition coefficient (Wildman–Crippen LogP) is 2.84. The van der Waals surface area contributed by atoms with Gasteiger partial charge >= 0.3 is 0 Å². The number of hydrogen-bond acceptors (Lipinski definition) is 2. The van der Waals surface area contributed by atoms with Crippen molar-refractivity contribution in [1.82, 2.24) is 0 Å². The maximum atomic E-state index is 5.22. The Kier molecular flexibility index (Phi) is 4.91. The van der Waals surface area contributed by atoms with Gasteiger partial charge in [0.1, 0.15) is 5.75 Å². The van der Waals surface area contributed by atoms with Crippen LogP contribution in [-0.2, 0) is 0 Å². The largest absolute Gasteiger partial charge is 0.497 e. The summed E-state index contributed by atoms with van der Waals surface area (Å²) in [6, 6.07) is 8.54. The summed E-state index contributed by atoms with van der Waals surface area (Å²) in [5.41, 5.74) is 6.42. The number of hydrogen-bond donors (Lipinski definition) is 1. The molecule has 2 heteroatoms. The molecule has 1 aliphatic rings. The van der Waals surface area contributed by atoms with Gasteiger partial charge in [-0.2, -0.15) is 0 Å². The maximum Gasteiger partial charge on any atom is 0.118 e. The van der Waals surface area contributed by atoms with Gasteiger partial charge in [-0.15, -0.1) is 0 Å². The summed E-state index contributed by atoms with van der Waals surface area (Å²) >= 11 is 0. The minimum atomic E-state index is 0.583. The molecule has 1 aromatic rings. The summed E-state index contributed by atoms with van der Waals surface area (Å²) in [6.07, 6.45) is 6.60. The molecule has 0 aliphatic heterocycles. The minimum Gasteiger partial charge on any atom is -0.497 e. The summed E-state index contributed by atoms with van der Waals surface area (Å²) in [6.45, 7) is 2.00. The molecular weight excluding hydrogens is 186 g/mol. The van der Waals surface area contributed by atoms with Crippen LogP contribution >= 0.6 is 0 Å². The first-order valence-electron chi connectivity index (χ1n) is 5.28. The van der Waals surface area contributed by atoms with Gasteiger partial charge < -0.3 is 10.5 Å². The zero-order valence-electron chi connectivity index (χ0n) is 9.44. The standard InChI is InChI=1S/C10H12O.C3H7N/c1-3-4-9-5-7-10(11-2)8-6-9;4-3-1-2-3/h3-8H,1-2H3;3H,1-2,4H2/b4-3-;. The van der Waals surface area contributed by atoms with E-state index >= 15 is 0 Å². The molecule has 82 valence electrons. The van der Waals surface area contributed by atoms with Gasteiger partial charge in [0.05, 0.1) is 7.11 Å². The van der Waals surface area contributed by atoms with Gasteiger partial charge in [0.2, 0.25) is 0 Å². The Balaban J connectivity index is 0.000000234. The van der Waals surface area contributed by atoms with Crippen LogP contribution in [0.4, 0.5) is 0 Å². The van der Waals surface area contributed by atoms with Crippen molar-refractivity contribution in [2.24, 2.45) is 5.73 Å². The highest BCUT2D eigenvalue weighted by atomic mass is 16.5. The smallest absolute Gasteiger partial charge is 0.118 e. The van der Waals surface area contributed by atoms with Gasteiger partial charge in [-0.25, -0.2) is 0 Å². The van der Waals surface area contributed by atoms with Crippen LogP contribution in [0.1, 0.15) is 25.3 Å². The van der Waals surface area contributed by atoms with Crippen molar-refractivity contribution in [3.63, 3.8) is 0 Å². The second-order valence-corrected chi connectivity index (χ2v) is 3.61. The topological polar surface area (TPSA) is 35.2 Å². The average Bonchev–Trinajstić information content (AvgIpc) is 3.03. The van der Waals surface area contributed by atoms with Gasteiger partial charge in [0.15, 0.2) is 0 Å². The van der Waals surface area contributed by atoms with Crippen LogP contribution in [0, 0.1) is 0 Å². The van der Waals surface area contributed by atoms with E-state index < -0.39 is 0 Å². The summed E-state index contributed by atoms with van der Waals surface area (Å²) in [5.74, 6) is 0.901. The lowest BCUT2D eigenvalue weighted by molar-refractivity contribution is 0.415. The normalized spacial score (nSPS) is 14.6. The van der Waals surface area contributed by atoms with Crippen molar-refractivity contribution >= 4 is 6.08 Å². The van der Waals surface area contributed by atoms with Crippen LogP contribution in [0.3, 0.4) is 0 Å². The highest BCUT2D eigenvalue weighted by Crippen LogP contribution is 2.14. The Hall–Kier alpha value is -1.28. The molecule has 0 heterocycles. The van der Waals surface area contributed by atoms with Crippen molar-refractivity contribution in [1.29, 1.82) is 0 Å². The number of allylic oxidation sites excluding steroid dienone is 1. The maximum absolute atomic E-state index is 5.22. The van der Waals surface area contributed by atoms with Gasteiger partial charge in [0, 0.05) is 6.04 Å². The number of nitrogens with two attached hydrogens (primary N) is 1. The fourth-order valence-corrected chi connectivity index (χ4v) is 1.00. The Morgan fingerprint density at radius 2 is 1.80 bits per heavy atom. The fourth-order valence-electron chi connectivity index (χ4n) is 1.00. The zero-order chi connectivity index (χ0) is 11.1. The predicted molar refractivity (Wildman–Crippen MR) is 64.9 cm³/mol. The molecule has 0 bridgehead atoms. The van der Waals surface area contributed by atoms with Crippen LogP contribution in [0.5, 0.6) is 5.75 Å². The molecule has 1 saturated carbocycles. The zero-order valence-corrected chi connectivity index (χ0v) is 9.44. The molecule has 1 fully saturated rings. The highest BCUT2D eigenvalue weighted by Gasteiger charge is 2.13. The van der Waals surface area contributed by atoms with E-state index in [9.17, 15) is 0 Å². The molecular formula is C13H19NO. The monoisotopic (exact) mass is 205 g/mol. The molecule has 15 heavy (non-hydrogen) atoms. The summed E-state index contributed by atoms with van der Waals surface area (Å²) in [7, 11) is 1.67. The van der Waals surface area contributed by atoms with Gasteiger partial charge in [-0.3, -0.25) is 0 Å². The number of rotatable bonds is 2. The molecule has 0 aromatic heterocycles. The van der Waals surface area contributed by atoms with E-state index in [1.165, 1.54) is 18.4 Å². The second-order valence-electron chi connectivity index (χ2n) is 3.61. The molecule has 0 spiro atoms. The Morgan fingerprint density at radius 1 is 1.27 bits per heavy atom. The summed E-state index contributed by atoms with van der Waals surface area (Å²) < 4.78 is 5.02. The Labute approximate surface area is 91.7 Å². The molecule has 2 N–H and O–H groups in total. The lowest BCUT2D eigenvalue weighted by Gasteiger charge is -1.98. The van der Waals surface area contributed by atoms with E-state index in [0.29, 0.717) is 6.04 Å². The molecule has 0 radical (unpaired) electrons. The van der Waals surface area contributed by atoms with E-state index in [-0.39, 0.29) is 0 Å². The molecule has 1 aliphatic carbocycles. The van der Waals surface area contributed by atoms with Gasteiger partial charge in [0.25, 0.3) is 0 Å². The Morgan fingerprint density at radius 3 is 2.13 bits per heavy atom. The van der Waals surface area contributed by atoms with Crippen molar-refractivity contribution in [2.75, 3.05) is 7.11 Å². The first-order chi connectivity index (χ1) is 7.26. The van der Waals surface area contributed by atoms with Crippen molar-refractivity contribution in [3.8, 4) is 5.75 Å². The van der Waals surface area contributed by atoms with E-state index in [2.05, 4.69) is 6.08 Å². The van der Waals surface area contributed by atoms with Crippen LogP contribution in [0.25, 0.3) is 6.08 Å². The van der Waals surface area contributed by atoms with Crippen LogP contribution in [0.2, 0.25) is 0 Å². The first kappa shape index (κ1) is 11.8. The molecule has 0 saturated heterocycles. The fraction of sp³-hybridized carbons (Fsp3) is 0.385. The van der Waals surface area contributed by atoms with Gasteiger partial charge in [-0.05, 0) is 37.5 Å². The minimum absolute atomic E-state index is 0.583. The van der Waals surface area contributed by atoms with E-state index in [1.54, 1.807) is 7.11 Å². The van der Waals surface area contributed by atoms with Crippen molar-refractivity contribution < 1.29 is 4.74 Å². The molecule has 0 atom stereocenters. The van der Waals surface area contributed by atoms with E-state index in [0.717, 1.165) is 5.75 Å². The number of benzene rings is 1. The quantitative estimate of drug-likeness (QED) is 0.805. The lowest BCUT2D eigenvalue weighted by Crippen LogP contribution is -1.94. The number of ether oxygens (including phenoxy) is 1. The van der Waals surface area contributed by atoms with Crippen LogP contribution in [0.15, 0.2) is 30.3 Å². The first-order valence-corrected chi connectivity index (χ1v) is 5.28. The van der Waals surface area contributed by atoms with Crippen LogP contribution in [-0.4, -0.2) is 13.2 Å². The molecule has 2 rings (SSSR count). The summed E-state index contributed by atoms with van der Waals surface area (Å²) in [4.78, 5) is 0. The SMILES string of the molecule is C/C=C\c1ccc(OC)cc1.NC1CC1. The van der Waals surface area contributed by atoms with Crippen LogP contribution < -0.4 is 10.5 Å². The van der Waals surface area contributed by atoms with Crippen molar-refractivity contribution in [2.45, 2.75) is 25.8 Å². The molecule has 0 unspecified atom stereocenters. The molecule has 1 aromatic carbocycles. The number of methoxy groups -OCH3 is 1. The average molecular weight is 205 g/mol. The van der Waals surface area contributed by atoms with E-state index in [4.69, 9.17) is 10.5 Å². The molecule has 0 amide bonds. The lowest BCUT2D eigenvalue weighted by atomic mass is 10.2. The Bertz CT molecular complexity index is 299. The highest BCUT2D eigenvalue weighted by molar-refractivity contribution is 5.50. The third-order valence-electron chi connectivity index (χ3n) is 2.10.